The van der Waals surface area contributed by atoms with Crippen LogP contribution < -0.4 is 15.6 Å². The minimum absolute atomic E-state index is 0.0170. The molecule has 2 aromatic carbocycles. The summed E-state index contributed by atoms with van der Waals surface area (Å²) in [7, 11) is 0. The molecule has 0 amide bonds. The Labute approximate surface area is 190 Å². The Morgan fingerprint density at radius 1 is 1.09 bits per heavy atom. The predicted molar refractivity (Wildman–Crippen MR) is 127 cm³/mol. The molecule has 0 saturated heterocycles. The average molecular weight is 455 g/mol. The van der Waals surface area contributed by atoms with Crippen LogP contribution >= 0.6 is 11.6 Å². The minimum Gasteiger partial charge on any atom is -0.341 e. The van der Waals surface area contributed by atoms with E-state index in [4.69, 9.17) is 11.6 Å². The molecule has 0 aliphatic rings. The monoisotopic (exact) mass is 454 g/mol. The number of nitrogens with one attached hydrogen (secondary N) is 2. The third kappa shape index (κ3) is 5.88. The highest BCUT2D eigenvalue weighted by molar-refractivity contribution is 6.31. The largest absolute Gasteiger partial charge is 0.341 e. The number of rotatable bonds is 9. The van der Waals surface area contributed by atoms with Crippen molar-refractivity contribution in [1.82, 2.24) is 15.0 Å². The Morgan fingerprint density at radius 2 is 1.78 bits per heavy atom. The van der Waals surface area contributed by atoms with Gasteiger partial charge in [-0.3, -0.25) is 10.1 Å². The number of non-ortho nitro benzene ring substituents is 1. The number of benzene rings is 2. The van der Waals surface area contributed by atoms with Crippen LogP contribution in [-0.2, 0) is 0 Å². The van der Waals surface area contributed by atoms with Crippen molar-refractivity contribution in [2.75, 3.05) is 28.7 Å². The zero-order valence-corrected chi connectivity index (χ0v) is 18.7. The van der Waals surface area contributed by atoms with Crippen LogP contribution in [0.3, 0.4) is 0 Å². The lowest BCUT2D eigenvalue weighted by atomic mass is 10.2. The van der Waals surface area contributed by atoms with Crippen molar-refractivity contribution in [3.63, 3.8) is 0 Å². The summed E-state index contributed by atoms with van der Waals surface area (Å²) in [6.07, 6.45) is 1.53. The van der Waals surface area contributed by atoms with Crippen molar-refractivity contribution in [1.29, 1.82) is 0 Å². The maximum Gasteiger partial charge on any atom is 0.269 e. The second-order valence-corrected chi connectivity index (χ2v) is 7.17. The highest BCUT2D eigenvalue weighted by Gasteiger charge is 2.12. The fraction of sp³-hybridized carbons (Fsp3) is 0.238. The fourth-order valence-electron chi connectivity index (χ4n) is 2.76. The van der Waals surface area contributed by atoms with E-state index < -0.39 is 4.92 Å². The van der Waals surface area contributed by atoms with Gasteiger partial charge in [0.2, 0.25) is 17.8 Å². The minimum atomic E-state index is -0.450. The summed E-state index contributed by atoms with van der Waals surface area (Å²) in [5, 5.41) is 18.7. The van der Waals surface area contributed by atoms with Crippen molar-refractivity contribution in [2.24, 2.45) is 5.10 Å². The topological polar surface area (TPSA) is 121 Å². The molecule has 0 atom stereocenters. The van der Waals surface area contributed by atoms with Crippen LogP contribution in [0.25, 0.3) is 0 Å². The molecule has 3 aromatic rings. The lowest BCUT2D eigenvalue weighted by Gasteiger charge is -2.19. The summed E-state index contributed by atoms with van der Waals surface area (Å²) in [5.74, 6) is 1.09. The van der Waals surface area contributed by atoms with E-state index in [1.165, 1.54) is 18.3 Å². The number of nitro groups is 1. The van der Waals surface area contributed by atoms with E-state index >= 15 is 0 Å². The summed E-state index contributed by atoms with van der Waals surface area (Å²) in [5.41, 5.74) is 5.23. The van der Waals surface area contributed by atoms with E-state index in [0.29, 0.717) is 22.5 Å². The van der Waals surface area contributed by atoms with E-state index in [9.17, 15) is 10.1 Å². The zero-order chi connectivity index (χ0) is 23.1. The van der Waals surface area contributed by atoms with Gasteiger partial charge >= 0.3 is 0 Å². The van der Waals surface area contributed by atoms with E-state index in [0.717, 1.165) is 24.3 Å². The quantitative estimate of drug-likeness (QED) is 0.269. The molecule has 3 rings (SSSR count). The van der Waals surface area contributed by atoms with Gasteiger partial charge in [0.1, 0.15) is 0 Å². The van der Waals surface area contributed by atoms with Gasteiger partial charge in [0.05, 0.1) is 11.1 Å². The van der Waals surface area contributed by atoms with Gasteiger partial charge in [-0.25, -0.2) is 5.43 Å². The van der Waals surface area contributed by atoms with Gasteiger partial charge < -0.3 is 10.2 Å². The second kappa shape index (κ2) is 10.5. The van der Waals surface area contributed by atoms with Crippen molar-refractivity contribution in [2.45, 2.75) is 20.8 Å². The Hall–Kier alpha value is -3.79. The molecular formula is C21H23ClN8O2. The summed E-state index contributed by atoms with van der Waals surface area (Å²) in [6.45, 7) is 7.40. The number of anilines is 4. The van der Waals surface area contributed by atoms with Crippen LogP contribution in [-0.4, -0.2) is 39.2 Å². The molecule has 0 aliphatic carbocycles. The standard InChI is InChI=1S/C21H23ClN8O2/c1-4-29(5-2)21-26-19(24-16-9-6-14(3)18(22)12-16)25-20(27-21)28-23-13-15-7-10-17(11-8-15)30(31)32/h6-13H,4-5H2,1-3H3,(H2,24,25,26,27,28)/b23-13-. The van der Waals surface area contributed by atoms with Gasteiger partial charge in [0, 0.05) is 35.9 Å². The number of nitrogens with zero attached hydrogens (tertiary/aromatic N) is 6. The van der Waals surface area contributed by atoms with Gasteiger partial charge in [0.15, 0.2) is 0 Å². The number of hydrogen-bond donors (Lipinski definition) is 2. The van der Waals surface area contributed by atoms with E-state index in [-0.39, 0.29) is 11.6 Å². The molecule has 0 radical (unpaired) electrons. The lowest BCUT2D eigenvalue weighted by Crippen LogP contribution is -2.25. The molecule has 1 aromatic heterocycles. The number of aromatic nitrogens is 3. The highest BCUT2D eigenvalue weighted by Crippen LogP contribution is 2.23. The number of hydrazone groups is 1. The lowest BCUT2D eigenvalue weighted by molar-refractivity contribution is -0.384. The molecule has 0 spiro atoms. The van der Waals surface area contributed by atoms with Gasteiger partial charge in [-0.15, -0.1) is 0 Å². The first-order chi connectivity index (χ1) is 15.4. The van der Waals surface area contributed by atoms with Gasteiger partial charge in [-0.05, 0) is 56.2 Å². The normalized spacial score (nSPS) is 10.9. The Morgan fingerprint density at radius 3 is 2.41 bits per heavy atom. The van der Waals surface area contributed by atoms with Crippen LogP contribution in [0.5, 0.6) is 0 Å². The third-order valence-corrected chi connectivity index (χ3v) is 4.99. The van der Waals surface area contributed by atoms with Gasteiger partial charge in [-0.2, -0.15) is 20.1 Å². The van der Waals surface area contributed by atoms with Crippen molar-refractivity contribution >= 4 is 47.0 Å². The number of nitro benzene ring substituents is 1. The Balaban J connectivity index is 1.83. The van der Waals surface area contributed by atoms with E-state index in [1.54, 1.807) is 18.2 Å². The Kier molecular flexibility index (Phi) is 7.50. The van der Waals surface area contributed by atoms with Crippen LogP contribution in [0.15, 0.2) is 47.6 Å². The first-order valence-corrected chi connectivity index (χ1v) is 10.3. The maximum absolute atomic E-state index is 10.8. The molecule has 10 nitrogen and oxygen atoms in total. The number of halogens is 1. The average Bonchev–Trinajstić information content (AvgIpc) is 2.77. The highest BCUT2D eigenvalue weighted by atomic mass is 35.5. The molecule has 0 bridgehead atoms. The smallest absolute Gasteiger partial charge is 0.269 e. The van der Waals surface area contributed by atoms with Gasteiger partial charge in [0.25, 0.3) is 5.69 Å². The van der Waals surface area contributed by atoms with Crippen molar-refractivity contribution in [3.8, 4) is 0 Å². The molecule has 11 heteroatoms. The molecule has 166 valence electrons. The summed E-state index contributed by atoms with van der Waals surface area (Å²) in [4.78, 5) is 25.6. The zero-order valence-electron chi connectivity index (χ0n) is 17.9. The first kappa shape index (κ1) is 22.9. The SMILES string of the molecule is CCN(CC)c1nc(N/N=C\c2ccc([N+](=O)[O-])cc2)nc(Nc2ccc(C)c(Cl)c2)n1. The number of aryl methyl sites for hydroxylation is 1. The summed E-state index contributed by atoms with van der Waals surface area (Å²) in [6, 6.07) is 11.6. The van der Waals surface area contributed by atoms with Crippen molar-refractivity contribution < 1.29 is 4.92 Å². The molecule has 0 fully saturated rings. The molecule has 0 saturated carbocycles. The van der Waals surface area contributed by atoms with E-state index in [2.05, 4.69) is 30.8 Å². The van der Waals surface area contributed by atoms with E-state index in [1.807, 2.05) is 37.8 Å². The summed E-state index contributed by atoms with van der Waals surface area (Å²) >= 11 is 6.22. The molecule has 1 heterocycles. The van der Waals surface area contributed by atoms with Crippen LogP contribution in [0, 0.1) is 17.0 Å². The molecule has 2 N–H and O–H groups in total. The van der Waals surface area contributed by atoms with Crippen LogP contribution in [0.1, 0.15) is 25.0 Å². The van der Waals surface area contributed by atoms with Crippen LogP contribution in [0.4, 0.5) is 29.2 Å². The van der Waals surface area contributed by atoms with Gasteiger partial charge in [-0.1, -0.05) is 17.7 Å². The fourth-order valence-corrected chi connectivity index (χ4v) is 2.95. The maximum atomic E-state index is 10.8. The molecular weight excluding hydrogens is 432 g/mol. The van der Waals surface area contributed by atoms with Crippen LogP contribution in [0.2, 0.25) is 5.02 Å². The third-order valence-electron chi connectivity index (χ3n) is 4.58. The Bertz CT molecular complexity index is 1120. The number of hydrogen-bond acceptors (Lipinski definition) is 9. The predicted octanol–water partition coefficient (Wildman–Crippen LogP) is 4.78. The first-order valence-electron chi connectivity index (χ1n) is 9.97. The second-order valence-electron chi connectivity index (χ2n) is 6.76. The molecule has 32 heavy (non-hydrogen) atoms. The molecule has 0 aliphatic heterocycles. The van der Waals surface area contributed by atoms with Crippen molar-refractivity contribution in [3.05, 3.63) is 68.7 Å². The molecule has 0 unspecified atom stereocenters. The summed E-state index contributed by atoms with van der Waals surface area (Å²) < 4.78 is 0.